The third-order valence-electron chi connectivity index (χ3n) is 2.88. The maximum atomic E-state index is 4.63. The minimum absolute atomic E-state index is 0.294. The first kappa shape index (κ1) is 13.1. The predicted octanol–water partition coefficient (Wildman–Crippen LogP) is 5.60. The van der Waals surface area contributed by atoms with Crippen molar-refractivity contribution in [3.05, 3.63) is 44.6 Å². The molecule has 1 atom stereocenters. The Morgan fingerprint density at radius 3 is 2.79 bits per heavy atom. The van der Waals surface area contributed by atoms with Crippen LogP contribution in [-0.4, -0.2) is 4.98 Å². The second kappa shape index (κ2) is 5.23. The Morgan fingerprint density at radius 1 is 1.21 bits per heavy atom. The molecule has 19 heavy (non-hydrogen) atoms. The van der Waals surface area contributed by atoms with Crippen LogP contribution in [0.1, 0.15) is 22.7 Å². The molecule has 2 aromatic heterocycles. The van der Waals surface area contributed by atoms with Crippen molar-refractivity contribution in [1.82, 2.24) is 4.98 Å². The number of anilines is 1. The van der Waals surface area contributed by atoms with Gasteiger partial charge in [0.1, 0.15) is 0 Å². The van der Waals surface area contributed by atoms with Gasteiger partial charge in [-0.1, -0.05) is 27.3 Å². The molecule has 2 heterocycles. The average molecular weight is 353 g/mol. The van der Waals surface area contributed by atoms with E-state index in [9.17, 15) is 0 Å². The Bertz CT molecular complexity index is 717. The fourth-order valence-electron chi connectivity index (χ4n) is 1.90. The van der Waals surface area contributed by atoms with Crippen molar-refractivity contribution in [1.29, 1.82) is 0 Å². The van der Waals surface area contributed by atoms with Crippen LogP contribution >= 0.6 is 38.6 Å². The standard InChI is InChI=1S/C14H13BrN2S2/c1-8-3-5-12(18-8)9(2)16-14-17-11-7-10(15)4-6-13(11)19-14/h3-7,9H,1-2H3,(H,16,17). The highest BCUT2D eigenvalue weighted by molar-refractivity contribution is 9.10. The lowest BCUT2D eigenvalue weighted by atomic mass is 10.3. The third kappa shape index (κ3) is 2.83. The normalized spacial score (nSPS) is 12.8. The van der Waals surface area contributed by atoms with E-state index in [0.29, 0.717) is 6.04 Å². The van der Waals surface area contributed by atoms with Crippen LogP contribution in [0.5, 0.6) is 0 Å². The summed E-state index contributed by atoms with van der Waals surface area (Å²) < 4.78 is 2.28. The van der Waals surface area contributed by atoms with Gasteiger partial charge in [0, 0.05) is 14.2 Å². The lowest BCUT2D eigenvalue weighted by Gasteiger charge is -2.10. The van der Waals surface area contributed by atoms with Crippen LogP contribution in [0.4, 0.5) is 5.13 Å². The highest BCUT2D eigenvalue weighted by atomic mass is 79.9. The van der Waals surface area contributed by atoms with Crippen molar-refractivity contribution in [2.45, 2.75) is 19.9 Å². The molecular formula is C14H13BrN2S2. The van der Waals surface area contributed by atoms with Crippen LogP contribution in [0.15, 0.2) is 34.8 Å². The van der Waals surface area contributed by atoms with E-state index in [2.05, 4.69) is 70.4 Å². The number of thiophene rings is 1. The quantitative estimate of drug-likeness (QED) is 0.663. The molecule has 5 heteroatoms. The molecule has 0 amide bonds. The molecule has 0 aliphatic rings. The van der Waals surface area contributed by atoms with Crippen molar-refractivity contribution in [2.24, 2.45) is 0 Å². The van der Waals surface area contributed by atoms with E-state index in [-0.39, 0.29) is 0 Å². The first-order valence-corrected chi connectivity index (χ1v) is 8.43. The molecule has 0 fully saturated rings. The Kier molecular flexibility index (Phi) is 3.60. The van der Waals surface area contributed by atoms with Gasteiger partial charge in [0.15, 0.2) is 5.13 Å². The summed E-state index contributed by atoms with van der Waals surface area (Å²) in [7, 11) is 0. The molecule has 3 rings (SSSR count). The molecular weight excluding hydrogens is 340 g/mol. The number of nitrogens with one attached hydrogen (secondary N) is 1. The van der Waals surface area contributed by atoms with Gasteiger partial charge in [-0.3, -0.25) is 0 Å². The lowest BCUT2D eigenvalue weighted by Crippen LogP contribution is -2.03. The number of benzene rings is 1. The number of fused-ring (bicyclic) bond motifs is 1. The number of hydrogen-bond donors (Lipinski definition) is 1. The number of halogens is 1. The summed E-state index contributed by atoms with van der Waals surface area (Å²) in [5.41, 5.74) is 1.04. The molecule has 0 bridgehead atoms. The molecule has 0 spiro atoms. The zero-order valence-electron chi connectivity index (χ0n) is 10.6. The van der Waals surface area contributed by atoms with Crippen LogP contribution in [0.3, 0.4) is 0 Å². The van der Waals surface area contributed by atoms with E-state index >= 15 is 0 Å². The van der Waals surface area contributed by atoms with Gasteiger partial charge in [-0.05, 0) is 44.2 Å². The summed E-state index contributed by atoms with van der Waals surface area (Å²) in [6.07, 6.45) is 0. The first-order valence-electron chi connectivity index (χ1n) is 6.01. The molecule has 1 unspecified atom stereocenters. The summed E-state index contributed by atoms with van der Waals surface area (Å²) in [6, 6.07) is 10.8. The van der Waals surface area contributed by atoms with Gasteiger partial charge in [0.2, 0.25) is 0 Å². The molecule has 3 aromatic rings. The molecule has 1 N–H and O–H groups in total. The minimum Gasteiger partial charge on any atom is -0.354 e. The topological polar surface area (TPSA) is 24.9 Å². The highest BCUT2D eigenvalue weighted by Crippen LogP contribution is 2.31. The smallest absolute Gasteiger partial charge is 0.184 e. The van der Waals surface area contributed by atoms with Crippen molar-refractivity contribution in [3.8, 4) is 0 Å². The zero-order valence-corrected chi connectivity index (χ0v) is 13.8. The number of thiazole rings is 1. The SMILES string of the molecule is Cc1ccc(C(C)Nc2nc3cc(Br)ccc3s2)s1. The van der Waals surface area contributed by atoms with Crippen LogP contribution in [0, 0.1) is 6.92 Å². The number of aryl methyl sites for hydroxylation is 1. The van der Waals surface area contributed by atoms with Crippen LogP contribution in [0.25, 0.3) is 10.2 Å². The van der Waals surface area contributed by atoms with E-state index in [1.807, 2.05) is 11.3 Å². The molecule has 2 nitrogen and oxygen atoms in total. The summed E-state index contributed by atoms with van der Waals surface area (Å²) >= 11 is 7.01. The fraction of sp³-hybridized carbons (Fsp3) is 0.214. The number of rotatable bonds is 3. The summed E-state index contributed by atoms with van der Waals surface area (Å²) in [4.78, 5) is 7.32. The van der Waals surface area contributed by atoms with E-state index in [0.717, 1.165) is 15.1 Å². The van der Waals surface area contributed by atoms with Gasteiger partial charge in [0.25, 0.3) is 0 Å². The number of nitrogens with zero attached hydrogens (tertiary/aromatic N) is 1. The Labute approximate surface area is 128 Å². The van der Waals surface area contributed by atoms with Crippen molar-refractivity contribution in [2.75, 3.05) is 5.32 Å². The molecule has 0 aliphatic heterocycles. The Balaban J connectivity index is 1.85. The van der Waals surface area contributed by atoms with Crippen molar-refractivity contribution >= 4 is 54.0 Å². The summed E-state index contributed by atoms with van der Waals surface area (Å²) in [5, 5.41) is 4.46. The Hall–Kier alpha value is -0.910. The van der Waals surface area contributed by atoms with E-state index in [1.54, 1.807) is 11.3 Å². The Morgan fingerprint density at radius 2 is 2.05 bits per heavy atom. The summed E-state index contributed by atoms with van der Waals surface area (Å²) in [6.45, 7) is 4.31. The number of hydrogen-bond acceptors (Lipinski definition) is 4. The monoisotopic (exact) mass is 352 g/mol. The van der Waals surface area contributed by atoms with Gasteiger partial charge >= 0.3 is 0 Å². The predicted molar refractivity (Wildman–Crippen MR) is 88.4 cm³/mol. The van der Waals surface area contributed by atoms with Crippen LogP contribution in [-0.2, 0) is 0 Å². The molecule has 0 aliphatic carbocycles. The molecule has 0 saturated carbocycles. The van der Waals surface area contributed by atoms with E-state index in [4.69, 9.17) is 0 Å². The van der Waals surface area contributed by atoms with Gasteiger partial charge in [0.05, 0.1) is 16.3 Å². The maximum absolute atomic E-state index is 4.63. The largest absolute Gasteiger partial charge is 0.354 e. The van der Waals surface area contributed by atoms with E-state index < -0.39 is 0 Å². The first-order chi connectivity index (χ1) is 9.11. The second-order valence-electron chi connectivity index (χ2n) is 4.45. The summed E-state index contributed by atoms with van der Waals surface area (Å²) in [5.74, 6) is 0. The maximum Gasteiger partial charge on any atom is 0.184 e. The van der Waals surface area contributed by atoms with Gasteiger partial charge in [-0.2, -0.15) is 0 Å². The molecule has 1 aromatic carbocycles. The van der Waals surface area contributed by atoms with Crippen molar-refractivity contribution in [3.63, 3.8) is 0 Å². The van der Waals surface area contributed by atoms with Gasteiger partial charge in [-0.15, -0.1) is 11.3 Å². The molecule has 0 saturated heterocycles. The van der Waals surface area contributed by atoms with Gasteiger partial charge in [-0.25, -0.2) is 4.98 Å². The van der Waals surface area contributed by atoms with Gasteiger partial charge < -0.3 is 5.32 Å². The highest BCUT2D eigenvalue weighted by Gasteiger charge is 2.10. The lowest BCUT2D eigenvalue weighted by molar-refractivity contribution is 0.905. The molecule has 0 radical (unpaired) electrons. The zero-order chi connectivity index (χ0) is 13.4. The van der Waals surface area contributed by atoms with Crippen LogP contribution < -0.4 is 5.32 Å². The fourth-order valence-corrected chi connectivity index (χ4v) is 4.07. The van der Waals surface area contributed by atoms with Crippen molar-refractivity contribution < 1.29 is 0 Å². The third-order valence-corrected chi connectivity index (χ3v) is 5.52. The number of aromatic nitrogens is 1. The van der Waals surface area contributed by atoms with Crippen LogP contribution in [0.2, 0.25) is 0 Å². The second-order valence-corrected chi connectivity index (χ2v) is 7.71. The average Bonchev–Trinajstić information content (AvgIpc) is 2.94. The van der Waals surface area contributed by atoms with E-state index in [1.165, 1.54) is 14.5 Å². The molecule has 98 valence electrons. The minimum atomic E-state index is 0.294.